The molecule has 0 aliphatic carbocycles. The van der Waals surface area contributed by atoms with Gasteiger partial charge in [0.15, 0.2) is 0 Å². The number of hydrogen-bond donors (Lipinski definition) is 0. The van der Waals surface area contributed by atoms with E-state index in [9.17, 15) is 10.1 Å². The summed E-state index contributed by atoms with van der Waals surface area (Å²) in [5.41, 5.74) is 0.754. The maximum Gasteiger partial charge on any atom is 0.343 e. The normalized spacial score (nSPS) is 13.6. The van der Waals surface area contributed by atoms with Gasteiger partial charge in [-0.25, -0.2) is 0 Å². The predicted molar refractivity (Wildman–Crippen MR) is 70.7 cm³/mol. The Morgan fingerprint density at radius 1 is 1.33 bits per heavy atom. The van der Waals surface area contributed by atoms with Crippen LogP contribution in [0.15, 0.2) is 24.3 Å². The lowest BCUT2D eigenvalue weighted by Gasteiger charge is -2.18. The fraction of sp³-hybridized carbons (Fsp3) is 0.250. The lowest BCUT2D eigenvalue weighted by Crippen LogP contribution is -2.28. The van der Waals surface area contributed by atoms with E-state index in [1.165, 1.54) is 0 Å². The van der Waals surface area contributed by atoms with Crippen LogP contribution in [0, 0.1) is 10.1 Å². The van der Waals surface area contributed by atoms with Crippen LogP contribution in [0.1, 0.15) is 10.4 Å². The number of benzene rings is 1. The summed E-state index contributed by atoms with van der Waals surface area (Å²) < 4.78 is -1.42. The molecular weight excluding hydrogens is 417 g/mol. The van der Waals surface area contributed by atoms with Gasteiger partial charge in [-0.3, -0.25) is 10.1 Å². The molecule has 0 saturated heterocycles. The monoisotopic (exact) mass is 419 g/mol. The second kappa shape index (κ2) is 5.12. The summed E-state index contributed by atoms with van der Waals surface area (Å²) in [4.78, 5) is 9.80. The number of nitrogens with zero attached hydrogens (tertiary/aromatic N) is 1. The highest BCUT2D eigenvalue weighted by atomic mass is 79.9. The van der Waals surface area contributed by atoms with Gasteiger partial charge >= 0.3 is 3.36 Å². The average Bonchev–Trinajstić information content (AvgIpc) is 2.17. The maximum atomic E-state index is 10.8. The van der Waals surface area contributed by atoms with Gasteiger partial charge in [-0.1, -0.05) is 39.7 Å². The molecule has 0 radical (unpaired) electrons. The Morgan fingerprint density at radius 3 is 2.20 bits per heavy atom. The third kappa shape index (κ3) is 3.15. The van der Waals surface area contributed by atoms with Gasteiger partial charge in [-0.2, -0.15) is 0 Å². The number of alkyl halides is 3. The van der Waals surface area contributed by atoms with Crippen LogP contribution in [0.4, 0.5) is 0 Å². The second-order valence-corrected chi connectivity index (χ2v) is 7.59. The zero-order chi connectivity index (χ0) is 11.6. The van der Waals surface area contributed by atoms with E-state index >= 15 is 0 Å². The molecule has 0 aromatic heterocycles. The lowest BCUT2D eigenvalue weighted by molar-refractivity contribution is -0.503. The molecule has 0 saturated carbocycles. The van der Waals surface area contributed by atoms with Crippen molar-refractivity contribution in [2.75, 3.05) is 0 Å². The largest absolute Gasteiger partial charge is 0.343 e. The lowest BCUT2D eigenvalue weighted by atomic mass is 10.1. The van der Waals surface area contributed by atoms with Crippen LogP contribution in [-0.2, 0) is 0 Å². The van der Waals surface area contributed by atoms with E-state index in [2.05, 4.69) is 47.8 Å². The topological polar surface area (TPSA) is 43.1 Å². The van der Waals surface area contributed by atoms with E-state index in [1.807, 2.05) is 0 Å². The zero-order valence-electron chi connectivity index (χ0n) is 7.16. The van der Waals surface area contributed by atoms with Crippen molar-refractivity contribution in [1.82, 2.24) is 0 Å². The first-order valence-electron chi connectivity index (χ1n) is 3.77. The van der Waals surface area contributed by atoms with Crippen molar-refractivity contribution in [2.45, 2.75) is 8.18 Å². The third-order valence-corrected chi connectivity index (χ3v) is 5.88. The van der Waals surface area contributed by atoms with Gasteiger partial charge < -0.3 is 0 Å². The van der Waals surface area contributed by atoms with Crippen molar-refractivity contribution in [3.8, 4) is 0 Å². The summed E-state index contributed by atoms with van der Waals surface area (Å²) in [7, 11) is 0. The van der Waals surface area contributed by atoms with Gasteiger partial charge in [-0.05, 0) is 17.7 Å². The summed E-state index contributed by atoms with van der Waals surface area (Å²) >= 11 is 15.0. The number of hydrogen-bond acceptors (Lipinski definition) is 2. The summed E-state index contributed by atoms with van der Waals surface area (Å²) in [6.45, 7) is 0. The van der Waals surface area contributed by atoms with Crippen molar-refractivity contribution >= 4 is 59.4 Å². The van der Waals surface area contributed by atoms with E-state index < -0.39 is 13.1 Å². The van der Waals surface area contributed by atoms with Crippen molar-refractivity contribution < 1.29 is 4.92 Å². The molecule has 0 heterocycles. The first-order valence-corrected chi connectivity index (χ1v) is 6.65. The van der Waals surface area contributed by atoms with E-state index in [-0.39, 0.29) is 0 Å². The quantitative estimate of drug-likeness (QED) is 0.312. The Kier molecular flexibility index (Phi) is 4.58. The van der Waals surface area contributed by atoms with Gasteiger partial charge in [-0.15, -0.1) is 0 Å². The van der Waals surface area contributed by atoms with Crippen molar-refractivity contribution in [1.29, 1.82) is 0 Å². The highest BCUT2D eigenvalue weighted by molar-refractivity contribution is 9.26. The Balaban J connectivity index is 2.99. The second-order valence-electron chi connectivity index (χ2n) is 2.76. The number of halogens is 4. The van der Waals surface area contributed by atoms with Crippen LogP contribution >= 0.6 is 59.4 Å². The fourth-order valence-corrected chi connectivity index (χ4v) is 2.05. The fourth-order valence-electron chi connectivity index (χ4n) is 0.925. The van der Waals surface area contributed by atoms with Crippen LogP contribution in [-0.4, -0.2) is 8.28 Å². The van der Waals surface area contributed by atoms with Gasteiger partial charge in [0, 0.05) is 36.9 Å². The first-order chi connectivity index (χ1) is 6.85. The highest BCUT2D eigenvalue weighted by Gasteiger charge is 2.45. The van der Waals surface area contributed by atoms with E-state index in [1.54, 1.807) is 24.3 Å². The molecule has 3 nitrogen and oxygen atoms in total. The molecule has 1 atom stereocenters. The molecule has 0 fully saturated rings. The van der Waals surface area contributed by atoms with E-state index in [4.69, 9.17) is 11.6 Å². The minimum atomic E-state index is -1.42. The molecule has 0 bridgehead atoms. The molecule has 0 aliphatic rings. The molecule has 0 spiro atoms. The number of rotatable bonds is 3. The van der Waals surface area contributed by atoms with Crippen molar-refractivity contribution in [3.05, 3.63) is 45.0 Å². The molecule has 82 valence electrons. The molecule has 0 aliphatic heterocycles. The Morgan fingerprint density at radius 2 is 1.80 bits per heavy atom. The minimum Gasteiger partial charge on any atom is -0.262 e. The van der Waals surface area contributed by atoms with Gasteiger partial charge in [0.05, 0.1) is 4.92 Å². The van der Waals surface area contributed by atoms with Crippen LogP contribution in [0.25, 0.3) is 0 Å². The van der Waals surface area contributed by atoms with Crippen molar-refractivity contribution in [2.24, 2.45) is 0 Å². The number of nitro groups is 1. The molecule has 0 N–H and O–H groups in total. The molecule has 1 unspecified atom stereocenters. The molecule has 1 aromatic carbocycles. The van der Waals surface area contributed by atoms with Crippen LogP contribution in [0.3, 0.4) is 0 Å². The van der Waals surface area contributed by atoms with E-state index in [0.717, 1.165) is 5.56 Å². The predicted octanol–water partition coefficient (Wildman–Crippen LogP) is 4.50. The summed E-state index contributed by atoms with van der Waals surface area (Å²) in [5, 5.41) is 11.4. The molecule has 15 heavy (non-hydrogen) atoms. The Labute approximate surface area is 117 Å². The summed E-state index contributed by atoms with van der Waals surface area (Å²) in [5.74, 6) is 0. The standard InChI is InChI=1S/C8H5Br3ClNO2/c9-7(8(10,11)13(14)15)5-1-3-6(12)4-2-5/h1-4,7H. The van der Waals surface area contributed by atoms with Crippen LogP contribution in [0.2, 0.25) is 5.02 Å². The Hall–Kier alpha value is 0.350. The molecule has 1 rings (SSSR count). The zero-order valence-corrected chi connectivity index (χ0v) is 12.7. The first kappa shape index (κ1) is 13.4. The molecule has 1 aromatic rings. The van der Waals surface area contributed by atoms with Gasteiger partial charge in [0.1, 0.15) is 4.83 Å². The van der Waals surface area contributed by atoms with Gasteiger partial charge in [0.25, 0.3) is 0 Å². The molecule has 7 heteroatoms. The summed E-state index contributed by atoms with van der Waals surface area (Å²) in [6, 6.07) is 6.81. The minimum absolute atomic E-state index is 0.457. The van der Waals surface area contributed by atoms with Crippen molar-refractivity contribution in [3.63, 3.8) is 0 Å². The molecule has 0 amide bonds. The van der Waals surface area contributed by atoms with Gasteiger partial charge in [0.2, 0.25) is 0 Å². The maximum absolute atomic E-state index is 10.8. The highest BCUT2D eigenvalue weighted by Crippen LogP contribution is 2.45. The summed E-state index contributed by atoms with van der Waals surface area (Å²) in [6.07, 6.45) is 0. The smallest absolute Gasteiger partial charge is 0.262 e. The van der Waals surface area contributed by atoms with E-state index in [0.29, 0.717) is 5.02 Å². The van der Waals surface area contributed by atoms with Crippen LogP contribution in [0.5, 0.6) is 0 Å². The SMILES string of the molecule is O=[N+]([O-])C(Br)(Br)C(Br)c1ccc(Cl)cc1. The third-order valence-electron chi connectivity index (χ3n) is 1.71. The average molecular weight is 422 g/mol. The van der Waals surface area contributed by atoms with Crippen LogP contribution < -0.4 is 0 Å². The molecular formula is C8H5Br3ClNO2. The Bertz CT molecular complexity index is 369.